The molecule has 0 aliphatic heterocycles. The minimum absolute atomic E-state index is 0. The molecule has 0 amide bonds. The number of hydrogen-bond donors (Lipinski definition) is 2. The Labute approximate surface area is 125 Å². The number of halogens is 2. The van der Waals surface area contributed by atoms with Gasteiger partial charge < -0.3 is 15.8 Å². The molecule has 6 heteroatoms. The van der Waals surface area contributed by atoms with Crippen LogP contribution in [-0.2, 0) is 4.74 Å². The van der Waals surface area contributed by atoms with Crippen LogP contribution in [0.5, 0.6) is 0 Å². The van der Waals surface area contributed by atoms with Gasteiger partial charge in [-0.1, -0.05) is 18.5 Å². The molecule has 1 atom stereocenters. The lowest BCUT2D eigenvalue weighted by atomic mass is 10.2. The van der Waals surface area contributed by atoms with Gasteiger partial charge in [-0.15, -0.1) is 12.4 Å². The van der Waals surface area contributed by atoms with Gasteiger partial charge in [0.05, 0.1) is 10.6 Å². The first kappa shape index (κ1) is 18.0. The first-order valence-corrected chi connectivity index (χ1v) is 6.38. The Morgan fingerprint density at radius 1 is 1.53 bits per heavy atom. The third-order valence-corrected chi connectivity index (χ3v) is 2.97. The molecule has 0 aromatic heterocycles. The predicted octanol–water partition coefficient (Wildman–Crippen LogP) is 2.89. The van der Waals surface area contributed by atoms with Gasteiger partial charge in [-0.05, 0) is 31.5 Å². The summed E-state index contributed by atoms with van der Waals surface area (Å²) in [5.74, 6) is -0.425. The predicted molar refractivity (Wildman–Crippen MR) is 81.2 cm³/mol. The first-order valence-electron chi connectivity index (χ1n) is 6.00. The highest BCUT2D eigenvalue weighted by atomic mass is 35.5. The Kier molecular flexibility index (Phi) is 8.56. The fourth-order valence-corrected chi connectivity index (χ4v) is 1.63. The summed E-state index contributed by atoms with van der Waals surface area (Å²) in [5.41, 5.74) is 6.42. The molecule has 1 aromatic carbocycles. The zero-order chi connectivity index (χ0) is 13.5. The van der Waals surface area contributed by atoms with Crippen LogP contribution < -0.4 is 11.1 Å². The second-order valence-corrected chi connectivity index (χ2v) is 4.55. The van der Waals surface area contributed by atoms with Crippen LogP contribution in [0.15, 0.2) is 18.2 Å². The fourth-order valence-electron chi connectivity index (χ4n) is 1.37. The Morgan fingerprint density at radius 3 is 2.79 bits per heavy atom. The normalized spacial score (nSPS) is 11.5. The van der Waals surface area contributed by atoms with Crippen molar-refractivity contribution in [3.63, 3.8) is 0 Å². The molecule has 0 fully saturated rings. The lowest BCUT2D eigenvalue weighted by Gasteiger charge is -2.11. The van der Waals surface area contributed by atoms with Crippen LogP contribution >= 0.6 is 24.0 Å². The molecule has 0 bridgehead atoms. The molecule has 0 radical (unpaired) electrons. The number of rotatable bonds is 6. The largest absolute Gasteiger partial charge is 0.461 e. The van der Waals surface area contributed by atoms with Crippen LogP contribution in [0, 0.1) is 0 Å². The number of anilines is 1. The quantitative estimate of drug-likeness (QED) is 0.482. The average molecular weight is 307 g/mol. The van der Waals surface area contributed by atoms with E-state index in [4.69, 9.17) is 22.1 Å². The topological polar surface area (TPSA) is 64.3 Å². The molecule has 3 N–H and O–H groups in total. The van der Waals surface area contributed by atoms with Crippen molar-refractivity contribution in [2.75, 3.05) is 18.9 Å². The fraction of sp³-hybridized carbons (Fsp3) is 0.462. The summed E-state index contributed by atoms with van der Waals surface area (Å²) in [5, 5.41) is 3.55. The van der Waals surface area contributed by atoms with Gasteiger partial charge in [0.15, 0.2) is 0 Å². The van der Waals surface area contributed by atoms with Gasteiger partial charge in [0, 0.05) is 18.3 Å². The van der Waals surface area contributed by atoms with E-state index >= 15 is 0 Å². The van der Waals surface area contributed by atoms with Gasteiger partial charge in [0.1, 0.15) is 6.61 Å². The third-order valence-electron chi connectivity index (χ3n) is 2.65. The average Bonchev–Trinajstić information content (AvgIpc) is 2.34. The summed E-state index contributed by atoms with van der Waals surface area (Å²) < 4.78 is 5.12. The number of benzene rings is 1. The maximum absolute atomic E-state index is 11.7. The van der Waals surface area contributed by atoms with E-state index in [1.54, 1.807) is 12.1 Å². The number of carbonyl (C=O) groups is 1. The molecule has 0 heterocycles. The summed E-state index contributed by atoms with van der Waals surface area (Å²) in [6.07, 6.45) is 1.04. The standard InChI is InChI=1S/C13H19ClN2O2.ClH/c1-3-9(2)16-6-7-18-13(17)11-5-4-10(15)8-12(11)14;/h4-5,8-9,16H,3,6-7,15H2,1-2H3;1H. The Morgan fingerprint density at radius 2 is 2.21 bits per heavy atom. The SMILES string of the molecule is CCC(C)NCCOC(=O)c1ccc(N)cc1Cl.Cl. The van der Waals surface area contributed by atoms with Gasteiger partial charge in [0.25, 0.3) is 0 Å². The summed E-state index contributed by atoms with van der Waals surface area (Å²) in [4.78, 5) is 11.7. The minimum atomic E-state index is -0.425. The Balaban J connectivity index is 0.00000324. The van der Waals surface area contributed by atoms with E-state index in [0.717, 1.165) is 6.42 Å². The van der Waals surface area contributed by atoms with E-state index in [1.807, 2.05) is 0 Å². The van der Waals surface area contributed by atoms with E-state index in [2.05, 4.69) is 19.2 Å². The second kappa shape index (κ2) is 9.02. The molecule has 4 nitrogen and oxygen atoms in total. The second-order valence-electron chi connectivity index (χ2n) is 4.14. The number of nitrogen functional groups attached to an aromatic ring is 1. The molecule has 19 heavy (non-hydrogen) atoms. The van der Waals surface area contributed by atoms with Crippen molar-refractivity contribution < 1.29 is 9.53 Å². The van der Waals surface area contributed by atoms with Crippen LogP contribution in [0.3, 0.4) is 0 Å². The maximum Gasteiger partial charge on any atom is 0.339 e. The van der Waals surface area contributed by atoms with Crippen molar-refractivity contribution in [3.05, 3.63) is 28.8 Å². The number of carbonyl (C=O) groups excluding carboxylic acids is 1. The Hall–Kier alpha value is -0.970. The lowest BCUT2D eigenvalue weighted by Crippen LogP contribution is -2.29. The highest BCUT2D eigenvalue weighted by Crippen LogP contribution is 2.19. The van der Waals surface area contributed by atoms with Crippen LogP contribution in [0.4, 0.5) is 5.69 Å². The van der Waals surface area contributed by atoms with Crippen LogP contribution in [-0.4, -0.2) is 25.2 Å². The molecular formula is C13H20Cl2N2O2. The monoisotopic (exact) mass is 306 g/mol. The molecule has 0 saturated heterocycles. The van der Waals surface area contributed by atoms with E-state index in [0.29, 0.717) is 35.5 Å². The van der Waals surface area contributed by atoms with E-state index in [9.17, 15) is 4.79 Å². The van der Waals surface area contributed by atoms with Gasteiger partial charge in [0.2, 0.25) is 0 Å². The molecule has 0 aliphatic carbocycles. The van der Waals surface area contributed by atoms with Gasteiger partial charge >= 0.3 is 5.97 Å². The number of ether oxygens (including phenoxy) is 1. The maximum atomic E-state index is 11.7. The van der Waals surface area contributed by atoms with Crippen LogP contribution in [0.1, 0.15) is 30.6 Å². The van der Waals surface area contributed by atoms with Gasteiger partial charge in [-0.2, -0.15) is 0 Å². The zero-order valence-electron chi connectivity index (χ0n) is 11.1. The number of esters is 1. The Bertz CT molecular complexity index is 414. The van der Waals surface area contributed by atoms with Crippen molar-refractivity contribution in [3.8, 4) is 0 Å². The summed E-state index contributed by atoms with van der Waals surface area (Å²) in [6.45, 7) is 5.13. The zero-order valence-corrected chi connectivity index (χ0v) is 12.7. The molecule has 0 saturated carbocycles. The van der Waals surface area contributed by atoms with Crippen LogP contribution in [0.25, 0.3) is 0 Å². The summed E-state index contributed by atoms with van der Waals surface area (Å²) in [6, 6.07) is 5.15. The number of hydrogen-bond acceptors (Lipinski definition) is 4. The summed E-state index contributed by atoms with van der Waals surface area (Å²) in [7, 11) is 0. The number of nitrogens with two attached hydrogens (primary N) is 1. The first-order chi connectivity index (χ1) is 8.54. The summed E-state index contributed by atoms with van der Waals surface area (Å²) >= 11 is 5.91. The smallest absolute Gasteiger partial charge is 0.339 e. The van der Waals surface area contributed by atoms with Crippen molar-refractivity contribution in [2.45, 2.75) is 26.3 Å². The van der Waals surface area contributed by atoms with Gasteiger partial charge in [-0.25, -0.2) is 4.79 Å². The van der Waals surface area contributed by atoms with Crippen molar-refractivity contribution in [1.82, 2.24) is 5.32 Å². The molecule has 108 valence electrons. The van der Waals surface area contributed by atoms with E-state index < -0.39 is 5.97 Å². The lowest BCUT2D eigenvalue weighted by molar-refractivity contribution is 0.0506. The third kappa shape index (κ3) is 6.14. The minimum Gasteiger partial charge on any atom is -0.461 e. The molecule has 1 rings (SSSR count). The molecule has 0 aliphatic rings. The highest BCUT2D eigenvalue weighted by molar-refractivity contribution is 6.33. The van der Waals surface area contributed by atoms with Crippen molar-refractivity contribution >= 4 is 35.7 Å². The van der Waals surface area contributed by atoms with Crippen LogP contribution in [0.2, 0.25) is 5.02 Å². The van der Waals surface area contributed by atoms with Gasteiger partial charge in [-0.3, -0.25) is 0 Å². The van der Waals surface area contributed by atoms with Crippen molar-refractivity contribution in [1.29, 1.82) is 0 Å². The number of nitrogens with one attached hydrogen (secondary N) is 1. The molecule has 1 aromatic rings. The van der Waals surface area contributed by atoms with E-state index in [-0.39, 0.29) is 12.4 Å². The van der Waals surface area contributed by atoms with Crippen molar-refractivity contribution in [2.24, 2.45) is 0 Å². The highest BCUT2D eigenvalue weighted by Gasteiger charge is 2.11. The molecule has 0 spiro atoms. The molecule has 1 unspecified atom stereocenters. The van der Waals surface area contributed by atoms with E-state index in [1.165, 1.54) is 6.07 Å². The molecular weight excluding hydrogens is 287 g/mol.